The quantitative estimate of drug-likeness (QED) is 0.280. The summed E-state index contributed by atoms with van der Waals surface area (Å²) in [5.74, 6) is 12.9. The molecule has 264 valence electrons. The summed E-state index contributed by atoms with van der Waals surface area (Å²) in [7, 11) is 0. The van der Waals surface area contributed by atoms with Crippen molar-refractivity contribution >= 4 is 11.8 Å². The van der Waals surface area contributed by atoms with Gasteiger partial charge in [0.2, 0.25) is 0 Å². The van der Waals surface area contributed by atoms with Crippen molar-refractivity contribution in [2.75, 3.05) is 52.4 Å². The second kappa shape index (κ2) is 16.9. The number of carbonyl (C=O) groups excluding carboxylic acids is 2. The van der Waals surface area contributed by atoms with Gasteiger partial charge in [0.25, 0.3) is 11.8 Å². The molecule has 7 nitrogen and oxygen atoms in total. The highest BCUT2D eigenvalue weighted by molar-refractivity contribution is 5.95. The lowest BCUT2D eigenvalue weighted by Gasteiger charge is -2.42. The van der Waals surface area contributed by atoms with E-state index in [1.165, 1.54) is 5.56 Å². The molecule has 3 saturated heterocycles. The lowest BCUT2D eigenvalue weighted by molar-refractivity contribution is 0.0467. The van der Waals surface area contributed by atoms with Crippen molar-refractivity contribution in [3.05, 3.63) is 142 Å². The van der Waals surface area contributed by atoms with Gasteiger partial charge < -0.3 is 14.9 Å². The number of piperazine rings is 1. The highest BCUT2D eigenvalue weighted by Gasteiger charge is 2.29. The summed E-state index contributed by atoms with van der Waals surface area (Å²) >= 11 is 0. The van der Waals surface area contributed by atoms with Gasteiger partial charge in [0, 0.05) is 98.3 Å². The van der Waals surface area contributed by atoms with E-state index in [0.29, 0.717) is 24.7 Å². The smallest absolute Gasteiger partial charge is 0.253 e. The number of likely N-dealkylation sites (tertiary alicyclic amines) is 2. The number of aliphatic hydroxyl groups is 1. The Bertz CT molecular complexity index is 1940. The van der Waals surface area contributed by atoms with Crippen molar-refractivity contribution in [2.24, 2.45) is 0 Å². The summed E-state index contributed by atoms with van der Waals surface area (Å²) in [4.78, 5) is 34.9. The van der Waals surface area contributed by atoms with E-state index in [-0.39, 0.29) is 11.8 Å². The van der Waals surface area contributed by atoms with Crippen LogP contribution in [0.2, 0.25) is 0 Å². The fourth-order valence-corrected chi connectivity index (χ4v) is 7.38. The lowest BCUT2D eigenvalue weighted by atomic mass is 10.0. The third-order valence-electron chi connectivity index (χ3n) is 10.5. The predicted molar refractivity (Wildman–Crippen MR) is 205 cm³/mol. The molecule has 0 aromatic heterocycles. The number of benzene rings is 4. The molecule has 0 bridgehead atoms. The van der Waals surface area contributed by atoms with Crippen LogP contribution in [0.1, 0.15) is 74.2 Å². The summed E-state index contributed by atoms with van der Waals surface area (Å²) in [6, 6.07) is 34.1. The highest BCUT2D eigenvalue weighted by Crippen LogP contribution is 2.21. The number of amides is 2. The minimum absolute atomic E-state index is 0.0335. The average Bonchev–Trinajstić information content (AvgIpc) is 3.20. The molecule has 3 fully saturated rings. The molecular formula is C45H46N4O3. The summed E-state index contributed by atoms with van der Waals surface area (Å²) < 4.78 is 0. The number of hydrogen-bond acceptors (Lipinski definition) is 5. The highest BCUT2D eigenvalue weighted by atomic mass is 16.3. The number of β-amino-alcohol motifs (C(OH)–C–C–N with tert-alkyl or cyclic N) is 1. The minimum Gasteiger partial charge on any atom is -0.391 e. The predicted octanol–water partition coefficient (Wildman–Crippen LogP) is 5.51. The maximum Gasteiger partial charge on any atom is 0.253 e. The van der Waals surface area contributed by atoms with Crippen LogP contribution in [-0.4, -0.2) is 101 Å². The van der Waals surface area contributed by atoms with Gasteiger partial charge in [0.15, 0.2) is 0 Å². The van der Waals surface area contributed by atoms with Crippen molar-refractivity contribution < 1.29 is 14.7 Å². The Morgan fingerprint density at radius 2 is 1.06 bits per heavy atom. The zero-order valence-electron chi connectivity index (χ0n) is 29.7. The molecule has 2 amide bonds. The van der Waals surface area contributed by atoms with Crippen LogP contribution in [0.4, 0.5) is 0 Å². The number of rotatable bonds is 5. The molecule has 3 heterocycles. The summed E-state index contributed by atoms with van der Waals surface area (Å²) in [5.41, 5.74) is 6.36. The number of aliphatic hydroxyl groups excluding tert-OH is 1. The van der Waals surface area contributed by atoms with Crippen LogP contribution in [-0.2, 0) is 6.54 Å². The first kappa shape index (κ1) is 35.2. The second-order valence-corrected chi connectivity index (χ2v) is 14.1. The molecule has 0 radical (unpaired) electrons. The van der Waals surface area contributed by atoms with Gasteiger partial charge in [-0.1, -0.05) is 54.0 Å². The van der Waals surface area contributed by atoms with Crippen LogP contribution in [0, 0.1) is 23.7 Å². The molecule has 1 atom stereocenters. The Morgan fingerprint density at radius 3 is 1.60 bits per heavy atom. The van der Waals surface area contributed by atoms with Crippen LogP contribution >= 0.6 is 0 Å². The zero-order chi connectivity index (χ0) is 35.7. The lowest BCUT2D eigenvalue weighted by Crippen LogP contribution is -2.53. The van der Waals surface area contributed by atoms with Gasteiger partial charge in [0.1, 0.15) is 0 Å². The molecule has 4 aromatic rings. The van der Waals surface area contributed by atoms with E-state index in [9.17, 15) is 14.7 Å². The fourth-order valence-electron chi connectivity index (χ4n) is 7.38. The summed E-state index contributed by atoms with van der Waals surface area (Å²) in [5, 5.41) is 9.90. The number of nitrogens with zero attached hydrogens (tertiary/aromatic N) is 4. The Balaban J connectivity index is 0.827. The Hall–Kier alpha value is -5.18. The fraction of sp³-hybridized carbons (Fsp3) is 0.333. The molecule has 0 saturated carbocycles. The molecule has 4 aromatic carbocycles. The maximum absolute atomic E-state index is 13.2. The summed E-state index contributed by atoms with van der Waals surface area (Å²) in [6.07, 6.45) is 3.19. The van der Waals surface area contributed by atoms with Crippen LogP contribution < -0.4 is 0 Å². The largest absolute Gasteiger partial charge is 0.391 e. The first-order valence-electron chi connectivity index (χ1n) is 18.6. The van der Waals surface area contributed by atoms with E-state index in [0.717, 1.165) is 99.3 Å². The van der Waals surface area contributed by atoms with E-state index in [4.69, 9.17) is 0 Å². The van der Waals surface area contributed by atoms with Crippen LogP contribution in [0.3, 0.4) is 0 Å². The number of carbonyl (C=O) groups is 2. The normalized spacial score (nSPS) is 18.5. The Labute approximate surface area is 307 Å². The van der Waals surface area contributed by atoms with E-state index < -0.39 is 6.10 Å². The minimum atomic E-state index is -0.428. The molecule has 3 aliphatic heterocycles. The molecular weight excluding hydrogens is 645 g/mol. The summed E-state index contributed by atoms with van der Waals surface area (Å²) in [6.45, 7) is 7.80. The van der Waals surface area contributed by atoms with Gasteiger partial charge >= 0.3 is 0 Å². The molecule has 3 aliphatic rings. The molecule has 0 aliphatic carbocycles. The zero-order valence-corrected chi connectivity index (χ0v) is 29.7. The van der Waals surface area contributed by atoms with Crippen molar-refractivity contribution in [2.45, 2.75) is 44.4 Å². The van der Waals surface area contributed by atoms with Gasteiger partial charge in [-0.3, -0.25) is 19.4 Å². The molecule has 1 unspecified atom stereocenters. The van der Waals surface area contributed by atoms with E-state index in [1.54, 1.807) is 4.90 Å². The third kappa shape index (κ3) is 9.18. The van der Waals surface area contributed by atoms with Crippen LogP contribution in [0.25, 0.3) is 0 Å². The van der Waals surface area contributed by atoms with Gasteiger partial charge in [-0.15, -0.1) is 0 Å². The van der Waals surface area contributed by atoms with E-state index in [1.807, 2.05) is 83.8 Å². The SMILES string of the molecule is O=C(c1ccc(C#Cc2ccccc2)cc1)N1CCC(N2CCN(Cc3ccc(C#Cc4ccc(C(=O)N5CCCC(O)C5)cc4)cc3)CC2)CC1. The topological polar surface area (TPSA) is 67.3 Å². The van der Waals surface area contributed by atoms with Gasteiger partial charge in [0.05, 0.1) is 6.10 Å². The van der Waals surface area contributed by atoms with E-state index >= 15 is 0 Å². The van der Waals surface area contributed by atoms with Crippen molar-refractivity contribution in [3.8, 4) is 23.7 Å². The standard InChI is InChI=1S/C45H46N4O3/c50-43-7-4-26-49(34-43)45(52)41-22-18-38(19-23-41)11-10-36-12-14-39(15-13-36)33-46-29-31-47(32-30-46)42-24-27-48(28-25-42)44(51)40-20-16-37(17-21-40)9-8-35-5-2-1-3-6-35/h1-3,5-6,12-23,42-43,50H,4,7,24-34H2. The average molecular weight is 691 g/mol. The van der Waals surface area contributed by atoms with Crippen molar-refractivity contribution in [1.82, 2.24) is 19.6 Å². The van der Waals surface area contributed by atoms with Crippen LogP contribution in [0.15, 0.2) is 103 Å². The number of piperidine rings is 2. The molecule has 7 rings (SSSR count). The molecule has 1 N–H and O–H groups in total. The van der Waals surface area contributed by atoms with Crippen molar-refractivity contribution in [3.63, 3.8) is 0 Å². The Kier molecular flexibility index (Phi) is 11.4. The maximum atomic E-state index is 13.2. The molecule has 0 spiro atoms. The van der Waals surface area contributed by atoms with Crippen LogP contribution in [0.5, 0.6) is 0 Å². The van der Waals surface area contributed by atoms with Gasteiger partial charge in [-0.25, -0.2) is 0 Å². The van der Waals surface area contributed by atoms with Crippen molar-refractivity contribution in [1.29, 1.82) is 0 Å². The van der Waals surface area contributed by atoms with E-state index in [2.05, 4.69) is 57.7 Å². The molecule has 7 heteroatoms. The Morgan fingerprint density at radius 1 is 0.558 bits per heavy atom. The first-order chi connectivity index (χ1) is 25.5. The second-order valence-electron chi connectivity index (χ2n) is 14.1. The van der Waals surface area contributed by atoms with Gasteiger partial charge in [-0.05, 0) is 104 Å². The monoisotopic (exact) mass is 690 g/mol. The van der Waals surface area contributed by atoms with Gasteiger partial charge in [-0.2, -0.15) is 0 Å². The first-order valence-corrected chi connectivity index (χ1v) is 18.6. The number of hydrogen-bond donors (Lipinski definition) is 1. The third-order valence-corrected chi connectivity index (χ3v) is 10.5. The molecule has 52 heavy (non-hydrogen) atoms.